The molecule has 0 saturated carbocycles. The molecule has 1 heterocycles. The van der Waals surface area contributed by atoms with Gasteiger partial charge >= 0.3 is 0 Å². The van der Waals surface area contributed by atoms with Crippen molar-refractivity contribution in [3.8, 4) is 45.5 Å². The van der Waals surface area contributed by atoms with Crippen LogP contribution in [-0.4, -0.2) is 0 Å². The van der Waals surface area contributed by atoms with Gasteiger partial charge in [0.15, 0.2) is 0 Å². The van der Waals surface area contributed by atoms with Gasteiger partial charge in [0, 0.05) is 37.2 Å². The number of nitriles is 2. The molecule has 10 rings (SSSR count). The third-order valence-corrected chi connectivity index (χ3v) is 11.8. The molecule has 0 aliphatic rings. The molecule has 0 aliphatic heterocycles. The minimum absolute atomic E-state index is 0.667. The van der Waals surface area contributed by atoms with E-state index in [0.29, 0.717) is 11.1 Å². The molecule has 56 heavy (non-hydrogen) atoms. The van der Waals surface area contributed by atoms with Crippen LogP contribution in [0.4, 0.5) is 17.1 Å². The van der Waals surface area contributed by atoms with E-state index in [-0.39, 0.29) is 0 Å². The standard InChI is InChI=1S/C52H31N3S/c53-32-34-5-7-43-29-41(11-9-39(43)27-34)36-13-20-46(21-14-36)55(47-22-15-37(16-23-47)42-12-10-40-28-35(33-54)6-8-44(40)30-42)48-24-17-38(18-25-48)45-19-26-52-50(31-45)49-3-1-2-4-51(49)56-52/h1-31H. The quantitative estimate of drug-likeness (QED) is 0.171. The molecule has 0 fully saturated rings. The third kappa shape index (κ3) is 6.02. The molecular formula is C52H31N3S. The number of nitrogens with zero attached hydrogens (tertiary/aromatic N) is 3. The molecule has 260 valence electrons. The maximum absolute atomic E-state index is 9.34. The highest BCUT2D eigenvalue weighted by atomic mass is 32.1. The molecule has 0 N–H and O–H groups in total. The van der Waals surface area contributed by atoms with E-state index in [0.717, 1.165) is 60.9 Å². The summed E-state index contributed by atoms with van der Waals surface area (Å²) in [6.07, 6.45) is 0. The maximum atomic E-state index is 9.34. The van der Waals surface area contributed by atoms with E-state index in [2.05, 4.69) is 169 Å². The lowest BCUT2D eigenvalue weighted by Crippen LogP contribution is -2.09. The highest BCUT2D eigenvalue weighted by molar-refractivity contribution is 7.25. The van der Waals surface area contributed by atoms with E-state index in [4.69, 9.17) is 0 Å². The van der Waals surface area contributed by atoms with Crippen molar-refractivity contribution in [1.29, 1.82) is 10.5 Å². The summed E-state index contributed by atoms with van der Waals surface area (Å²) in [5.74, 6) is 0. The van der Waals surface area contributed by atoms with E-state index < -0.39 is 0 Å². The molecule has 0 saturated heterocycles. The molecule has 9 aromatic carbocycles. The van der Waals surface area contributed by atoms with Gasteiger partial charge in [-0.1, -0.05) is 97.1 Å². The van der Waals surface area contributed by atoms with Crippen LogP contribution in [0.3, 0.4) is 0 Å². The maximum Gasteiger partial charge on any atom is 0.0991 e. The minimum Gasteiger partial charge on any atom is -0.311 e. The number of hydrogen-bond acceptors (Lipinski definition) is 4. The van der Waals surface area contributed by atoms with Crippen molar-refractivity contribution in [2.45, 2.75) is 0 Å². The Morgan fingerprint density at radius 3 is 1.23 bits per heavy atom. The largest absolute Gasteiger partial charge is 0.311 e. The summed E-state index contributed by atoms with van der Waals surface area (Å²) in [4.78, 5) is 2.31. The number of rotatable bonds is 6. The molecule has 0 bridgehead atoms. The summed E-state index contributed by atoms with van der Waals surface area (Å²) in [5, 5.41) is 25.6. The Kier molecular flexibility index (Phi) is 8.11. The Morgan fingerprint density at radius 2 is 0.732 bits per heavy atom. The first-order chi connectivity index (χ1) is 27.6. The molecule has 10 aromatic rings. The Morgan fingerprint density at radius 1 is 0.339 bits per heavy atom. The second-order valence-corrected chi connectivity index (χ2v) is 15.1. The summed E-state index contributed by atoms with van der Waals surface area (Å²) in [6.45, 7) is 0. The molecule has 0 radical (unpaired) electrons. The Labute approximate surface area is 328 Å². The Hall–Kier alpha value is -7.50. The van der Waals surface area contributed by atoms with E-state index in [1.54, 1.807) is 0 Å². The zero-order chi connectivity index (χ0) is 37.6. The lowest BCUT2D eigenvalue weighted by atomic mass is 9.99. The van der Waals surface area contributed by atoms with Crippen LogP contribution in [0.5, 0.6) is 0 Å². The molecule has 4 heteroatoms. The fourth-order valence-corrected chi connectivity index (χ4v) is 8.84. The SMILES string of the molecule is N#Cc1ccc2cc(-c3ccc(N(c4ccc(-c5ccc6cc(C#N)ccc6c5)cc4)c4ccc(-c5ccc6sc7ccccc7c6c5)cc4)cc3)ccc2c1. The van der Waals surface area contributed by atoms with Crippen molar-refractivity contribution >= 4 is 70.1 Å². The van der Waals surface area contributed by atoms with Gasteiger partial charge in [-0.2, -0.15) is 10.5 Å². The summed E-state index contributed by atoms with van der Waals surface area (Å²) in [6, 6.07) is 70.7. The van der Waals surface area contributed by atoms with Gasteiger partial charge in [0.2, 0.25) is 0 Å². The van der Waals surface area contributed by atoms with Crippen LogP contribution < -0.4 is 4.90 Å². The molecular weight excluding hydrogens is 699 g/mol. The zero-order valence-electron chi connectivity index (χ0n) is 30.1. The van der Waals surface area contributed by atoms with Crippen LogP contribution in [0.25, 0.3) is 75.1 Å². The molecule has 0 unspecified atom stereocenters. The van der Waals surface area contributed by atoms with Crippen LogP contribution in [0.2, 0.25) is 0 Å². The number of benzene rings is 9. The summed E-state index contributed by atoms with van der Waals surface area (Å²) in [7, 11) is 0. The van der Waals surface area contributed by atoms with Crippen LogP contribution in [-0.2, 0) is 0 Å². The molecule has 3 nitrogen and oxygen atoms in total. The predicted molar refractivity (Wildman–Crippen MR) is 235 cm³/mol. The van der Waals surface area contributed by atoms with Crippen molar-refractivity contribution in [2.75, 3.05) is 4.90 Å². The average molecular weight is 730 g/mol. The van der Waals surface area contributed by atoms with Gasteiger partial charge in [-0.15, -0.1) is 11.3 Å². The van der Waals surface area contributed by atoms with E-state index in [1.165, 1.54) is 31.3 Å². The number of thiophene rings is 1. The van der Waals surface area contributed by atoms with Crippen molar-refractivity contribution in [2.24, 2.45) is 0 Å². The summed E-state index contributed by atoms with van der Waals surface area (Å²) >= 11 is 1.84. The summed E-state index contributed by atoms with van der Waals surface area (Å²) in [5.41, 5.74) is 11.4. The van der Waals surface area contributed by atoms with Crippen LogP contribution in [0, 0.1) is 22.7 Å². The highest BCUT2D eigenvalue weighted by Crippen LogP contribution is 2.40. The molecule has 1 aromatic heterocycles. The molecule has 0 spiro atoms. The average Bonchev–Trinajstić information content (AvgIpc) is 3.64. The fourth-order valence-electron chi connectivity index (χ4n) is 7.75. The van der Waals surface area contributed by atoms with E-state index in [9.17, 15) is 10.5 Å². The van der Waals surface area contributed by atoms with Gasteiger partial charge < -0.3 is 4.90 Å². The summed E-state index contributed by atoms with van der Waals surface area (Å²) < 4.78 is 2.62. The first kappa shape index (κ1) is 33.1. The van der Waals surface area contributed by atoms with Gasteiger partial charge in [-0.05, 0) is 146 Å². The number of hydrogen-bond donors (Lipinski definition) is 0. The fraction of sp³-hybridized carbons (Fsp3) is 0. The van der Waals surface area contributed by atoms with Gasteiger partial charge in [-0.3, -0.25) is 0 Å². The molecule has 0 amide bonds. The van der Waals surface area contributed by atoms with Gasteiger partial charge in [0.1, 0.15) is 0 Å². The first-order valence-electron chi connectivity index (χ1n) is 18.5. The second kappa shape index (κ2) is 13.7. The van der Waals surface area contributed by atoms with E-state index >= 15 is 0 Å². The van der Waals surface area contributed by atoms with Gasteiger partial charge in [0.25, 0.3) is 0 Å². The van der Waals surface area contributed by atoms with Gasteiger partial charge in [-0.25, -0.2) is 0 Å². The number of anilines is 3. The lowest BCUT2D eigenvalue weighted by molar-refractivity contribution is 1.28. The smallest absolute Gasteiger partial charge is 0.0991 e. The highest BCUT2D eigenvalue weighted by Gasteiger charge is 2.15. The topological polar surface area (TPSA) is 50.8 Å². The predicted octanol–water partition coefficient (Wildman–Crippen LogP) is 14.6. The lowest BCUT2D eigenvalue weighted by Gasteiger charge is -2.26. The van der Waals surface area contributed by atoms with Crippen LogP contribution >= 0.6 is 11.3 Å². The number of fused-ring (bicyclic) bond motifs is 5. The minimum atomic E-state index is 0.667. The van der Waals surface area contributed by atoms with Crippen molar-refractivity contribution in [3.05, 3.63) is 199 Å². The van der Waals surface area contributed by atoms with Crippen molar-refractivity contribution in [1.82, 2.24) is 0 Å². The van der Waals surface area contributed by atoms with Crippen molar-refractivity contribution < 1.29 is 0 Å². The van der Waals surface area contributed by atoms with E-state index in [1.807, 2.05) is 47.7 Å². The first-order valence-corrected chi connectivity index (χ1v) is 19.3. The molecule has 0 aliphatic carbocycles. The molecule has 0 atom stereocenters. The zero-order valence-corrected chi connectivity index (χ0v) is 31.0. The van der Waals surface area contributed by atoms with Gasteiger partial charge in [0.05, 0.1) is 23.3 Å². The normalized spacial score (nSPS) is 11.2. The Bertz CT molecular complexity index is 3060. The third-order valence-electron chi connectivity index (χ3n) is 10.7. The van der Waals surface area contributed by atoms with Crippen LogP contribution in [0.1, 0.15) is 11.1 Å². The second-order valence-electron chi connectivity index (χ2n) is 14.1. The monoisotopic (exact) mass is 729 g/mol. The van der Waals surface area contributed by atoms with Crippen LogP contribution in [0.15, 0.2) is 188 Å². The Balaban J connectivity index is 1.01. The van der Waals surface area contributed by atoms with Crippen molar-refractivity contribution in [3.63, 3.8) is 0 Å².